The molecule has 0 radical (unpaired) electrons. The van der Waals surface area contributed by atoms with Gasteiger partial charge in [-0.15, -0.1) is 0 Å². The fraction of sp³-hybridized carbons (Fsp3) is 0.941. The van der Waals surface area contributed by atoms with Crippen molar-refractivity contribution < 1.29 is 4.79 Å². The number of hydrogen-bond donors (Lipinski definition) is 1. The van der Waals surface area contributed by atoms with E-state index in [9.17, 15) is 4.79 Å². The number of rotatable bonds is 6. The number of amides is 1. The molecule has 2 rings (SSSR count). The van der Waals surface area contributed by atoms with E-state index in [1.165, 1.54) is 56.5 Å². The molecule has 1 aliphatic carbocycles. The van der Waals surface area contributed by atoms with Gasteiger partial charge in [-0.3, -0.25) is 4.79 Å². The Kier molecular flexibility index (Phi) is 7.26. The number of carbonyl (C=O) groups is 1. The highest BCUT2D eigenvalue weighted by molar-refractivity contribution is 7.99. The van der Waals surface area contributed by atoms with Crippen LogP contribution < -0.4 is 5.32 Å². The summed E-state index contributed by atoms with van der Waals surface area (Å²) in [5.41, 5.74) is 0. The fourth-order valence-electron chi connectivity index (χ4n) is 3.56. The summed E-state index contributed by atoms with van der Waals surface area (Å²) < 4.78 is 0. The topological polar surface area (TPSA) is 29.1 Å². The third kappa shape index (κ3) is 5.31. The SMILES string of the molecule is CCCCC1CCC(C(=O)NCC2CCCSC2)CC1. The summed E-state index contributed by atoms with van der Waals surface area (Å²) in [4.78, 5) is 12.2. The van der Waals surface area contributed by atoms with Crippen molar-refractivity contribution in [2.45, 2.75) is 64.7 Å². The molecule has 0 spiro atoms. The first-order valence-corrected chi connectivity index (χ1v) is 9.80. The molecular weight excluding hydrogens is 266 g/mol. The van der Waals surface area contributed by atoms with Crippen molar-refractivity contribution >= 4 is 17.7 Å². The number of thioether (sulfide) groups is 1. The number of nitrogens with one attached hydrogen (secondary N) is 1. The summed E-state index contributed by atoms with van der Waals surface area (Å²) in [7, 11) is 0. The molecule has 20 heavy (non-hydrogen) atoms. The van der Waals surface area contributed by atoms with E-state index in [1.807, 2.05) is 11.8 Å². The minimum absolute atomic E-state index is 0.309. The van der Waals surface area contributed by atoms with Crippen LogP contribution in [0.4, 0.5) is 0 Å². The fourth-order valence-corrected chi connectivity index (χ4v) is 4.72. The van der Waals surface area contributed by atoms with Gasteiger partial charge in [-0.1, -0.05) is 26.2 Å². The second-order valence-corrected chi connectivity index (χ2v) is 7.84. The van der Waals surface area contributed by atoms with Crippen LogP contribution in [0.25, 0.3) is 0 Å². The first-order valence-electron chi connectivity index (χ1n) is 8.65. The lowest BCUT2D eigenvalue weighted by molar-refractivity contribution is -0.126. The summed E-state index contributed by atoms with van der Waals surface area (Å²) in [5, 5.41) is 3.23. The molecular formula is C17H31NOS. The maximum Gasteiger partial charge on any atom is 0.223 e. The average Bonchev–Trinajstić information content (AvgIpc) is 2.52. The Morgan fingerprint density at radius 3 is 2.60 bits per heavy atom. The molecule has 1 aliphatic heterocycles. The molecule has 2 fully saturated rings. The first kappa shape index (κ1) is 16.2. The van der Waals surface area contributed by atoms with Crippen LogP contribution in [0.3, 0.4) is 0 Å². The van der Waals surface area contributed by atoms with E-state index in [1.54, 1.807) is 0 Å². The molecule has 1 N–H and O–H groups in total. The molecule has 1 heterocycles. The van der Waals surface area contributed by atoms with E-state index in [0.717, 1.165) is 31.2 Å². The summed E-state index contributed by atoms with van der Waals surface area (Å²) in [6, 6.07) is 0. The zero-order valence-electron chi connectivity index (χ0n) is 13.0. The molecule has 2 nitrogen and oxygen atoms in total. The molecule has 2 aliphatic rings. The molecule has 3 heteroatoms. The lowest BCUT2D eigenvalue weighted by atomic mass is 9.79. The van der Waals surface area contributed by atoms with Crippen LogP contribution in [0.15, 0.2) is 0 Å². The Morgan fingerprint density at radius 2 is 1.95 bits per heavy atom. The molecule has 1 saturated carbocycles. The molecule has 0 bridgehead atoms. The zero-order valence-corrected chi connectivity index (χ0v) is 13.9. The zero-order chi connectivity index (χ0) is 14.2. The number of unbranched alkanes of at least 4 members (excludes halogenated alkanes) is 1. The Balaban J connectivity index is 1.61. The minimum Gasteiger partial charge on any atom is -0.356 e. The van der Waals surface area contributed by atoms with E-state index in [2.05, 4.69) is 12.2 Å². The normalized spacial score (nSPS) is 30.9. The third-order valence-corrected chi connectivity index (χ3v) is 6.29. The van der Waals surface area contributed by atoms with Crippen molar-refractivity contribution in [3.8, 4) is 0 Å². The largest absolute Gasteiger partial charge is 0.356 e. The summed E-state index contributed by atoms with van der Waals surface area (Å²) in [6.07, 6.45) is 11.5. The van der Waals surface area contributed by atoms with Crippen molar-refractivity contribution in [3.05, 3.63) is 0 Å². The monoisotopic (exact) mass is 297 g/mol. The standard InChI is InChI=1S/C17H31NOS/c1-2-3-5-14-7-9-16(10-8-14)17(19)18-12-15-6-4-11-20-13-15/h14-16H,2-13H2,1H3,(H,18,19). The highest BCUT2D eigenvalue weighted by Crippen LogP contribution is 2.32. The molecule has 116 valence electrons. The summed E-state index contributed by atoms with van der Waals surface area (Å²) >= 11 is 2.05. The Hall–Kier alpha value is -0.180. The average molecular weight is 298 g/mol. The maximum absolute atomic E-state index is 12.2. The van der Waals surface area contributed by atoms with Crippen LogP contribution in [0.2, 0.25) is 0 Å². The predicted molar refractivity (Wildman–Crippen MR) is 88.0 cm³/mol. The number of carbonyl (C=O) groups excluding carboxylic acids is 1. The smallest absolute Gasteiger partial charge is 0.223 e. The van der Waals surface area contributed by atoms with Gasteiger partial charge < -0.3 is 5.32 Å². The molecule has 1 saturated heterocycles. The van der Waals surface area contributed by atoms with E-state index in [-0.39, 0.29) is 0 Å². The second kappa shape index (κ2) is 8.96. The summed E-state index contributed by atoms with van der Waals surface area (Å²) in [5.74, 6) is 4.82. The quantitative estimate of drug-likeness (QED) is 0.794. The van der Waals surface area contributed by atoms with Gasteiger partial charge in [0.1, 0.15) is 0 Å². The second-order valence-electron chi connectivity index (χ2n) is 6.69. The lowest BCUT2D eigenvalue weighted by Gasteiger charge is -2.28. The molecule has 1 unspecified atom stereocenters. The first-order chi connectivity index (χ1) is 9.79. The molecule has 1 atom stereocenters. The van der Waals surface area contributed by atoms with Gasteiger partial charge in [0.2, 0.25) is 5.91 Å². The molecule has 0 aromatic carbocycles. The van der Waals surface area contributed by atoms with Crippen LogP contribution in [0, 0.1) is 17.8 Å². The molecule has 0 aromatic heterocycles. The van der Waals surface area contributed by atoms with Crippen molar-refractivity contribution in [2.75, 3.05) is 18.1 Å². The van der Waals surface area contributed by atoms with Crippen LogP contribution in [0.1, 0.15) is 64.7 Å². The third-order valence-electron chi connectivity index (χ3n) is 5.00. The highest BCUT2D eigenvalue weighted by Gasteiger charge is 2.26. The summed E-state index contributed by atoms with van der Waals surface area (Å²) in [6.45, 7) is 3.18. The number of hydrogen-bond acceptors (Lipinski definition) is 2. The van der Waals surface area contributed by atoms with Gasteiger partial charge in [-0.05, 0) is 61.9 Å². The molecule has 0 aromatic rings. The maximum atomic E-state index is 12.2. The van der Waals surface area contributed by atoms with E-state index in [0.29, 0.717) is 11.8 Å². The predicted octanol–water partition coefficient (Wildman–Crippen LogP) is 4.24. The molecule has 1 amide bonds. The van der Waals surface area contributed by atoms with Gasteiger partial charge in [-0.25, -0.2) is 0 Å². The minimum atomic E-state index is 0.309. The van der Waals surface area contributed by atoms with Gasteiger partial charge in [0.05, 0.1) is 0 Å². The lowest BCUT2D eigenvalue weighted by Crippen LogP contribution is -2.37. The highest BCUT2D eigenvalue weighted by atomic mass is 32.2. The van der Waals surface area contributed by atoms with E-state index in [4.69, 9.17) is 0 Å². The van der Waals surface area contributed by atoms with Crippen LogP contribution >= 0.6 is 11.8 Å². The van der Waals surface area contributed by atoms with Gasteiger partial charge in [0.25, 0.3) is 0 Å². The van der Waals surface area contributed by atoms with Gasteiger partial charge in [0, 0.05) is 12.5 Å². The van der Waals surface area contributed by atoms with Crippen LogP contribution in [-0.2, 0) is 4.79 Å². The van der Waals surface area contributed by atoms with Crippen LogP contribution in [-0.4, -0.2) is 24.0 Å². The van der Waals surface area contributed by atoms with Crippen molar-refractivity contribution in [2.24, 2.45) is 17.8 Å². The van der Waals surface area contributed by atoms with Crippen molar-refractivity contribution in [3.63, 3.8) is 0 Å². The Morgan fingerprint density at radius 1 is 1.15 bits per heavy atom. The van der Waals surface area contributed by atoms with Crippen LogP contribution in [0.5, 0.6) is 0 Å². The van der Waals surface area contributed by atoms with Crippen molar-refractivity contribution in [1.29, 1.82) is 0 Å². The Bertz CT molecular complexity index is 281. The van der Waals surface area contributed by atoms with Crippen molar-refractivity contribution in [1.82, 2.24) is 5.32 Å². The van der Waals surface area contributed by atoms with Gasteiger partial charge >= 0.3 is 0 Å². The Labute approximate surface area is 128 Å². The van der Waals surface area contributed by atoms with Gasteiger partial charge in [-0.2, -0.15) is 11.8 Å². The van der Waals surface area contributed by atoms with E-state index >= 15 is 0 Å². The van der Waals surface area contributed by atoms with E-state index < -0.39 is 0 Å². The van der Waals surface area contributed by atoms with Gasteiger partial charge in [0.15, 0.2) is 0 Å².